The van der Waals surface area contributed by atoms with Gasteiger partial charge in [0.1, 0.15) is 5.60 Å². The van der Waals surface area contributed by atoms with Crippen molar-refractivity contribution in [2.45, 2.75) is 58.6 Å². The van der Waals surface area contributed by atoms with E-state index in [1.165, 1.54) is 0 Å². The van der Waals surface area contributed by atoms with Crippen LogP contribution in [0.15, 0.2) is 0 Å². The minimum absolute atomic E-state index is 0.0910. The maximum atomic E-state index is 12.1. The summed E-state index contributed by atoms with van der Waals surface area (Å²) in [6.07, 6.45) is 0.224. The molecule has 0 bridgehead atoms. The lowest BCUT2D eigenvalue weighted by molar-refractivity contribution is -0.139. The number of nitrogens with one attached hydrogen (secondary N) is 1. The molecule has 1 fully saturated rings. The zero-order valence-electron chi connectivity index (χ0n) is 12.9. The molecule has 0 saturated carbocycles. The number of hydrogen-bond acceptors (Lipinski definition) is 4. The number of carboxylic acids is 1. The van der Waals surface area contributed by atoms with Crippen LogP contribution >= 0.6 is 11.8 Å². The SMILES string of the molecule is CC(C)(C)OC(=O)NC1(CC(=O)O)CSCCC1(C)C. The Hall–Kier alpha value is -0.910. The highest BCUT2D eigenvalue weighted by molar-refractivity contribution is 7.99. The number of aliphatic carboxylic acids is 1. The fraction of sp³-hybridized carbons (Fsp3) is 0.857. The van der Waals surface area contributed by atoms with Gasteiger partial charge in [0, 0.05) is 5.75 Å². The molecule has 0 aromatic heterocycles. The summed E-state index contributed by atoms with van der Waals surface area (Å²) < 4.78 is 5.29. The molecule has 0 aromatic rings. The predicted molar refractivity (Wildman–Crippen MR) is 80.1 cm³/mol. The Balaban J connectivity index is 2.94. The first-order valence-corrected chi connectivity index (χ1v) is 7.94. The van der Waals surface area contributed by atoms with Crippen molar-refractivity contribution in [2.24, 2.45) is 5.41 Å². The lowest BCUT2D eigenvalue weighted by atomic mass is 9.69. The second kappa shape index (κ2) is 5.84. The minimum Gasteiger partial charge on any atom is -0.481 e. The van der Waals surface area contributed by atoms with E-state index in [1.807, 2.05) is 13.8 Å². The molecule has 0 radical (unpaired) electrons. The molecule has 1 aliphatic rings. The molecule has 20 heavy (non-hydrogen) atoms. The van der Waals surface area contributed by atoms with E-state index in [9.17, 15) is 14.7 Å². The van der Waals surface area contributed by atoms with Crippen molar-refractivity contribution in [3.8, 4) is 0 Å². The van der Waals surface area contributed by atoms with Gasteiger partial charge < -0.3 is 15.2 Å². The first-order chi connectivity index (χ1) is 8.97. The summed E-state index contributed by atoms with van der Waals surface area (Å²) in [6.45, 7) is 9.38. The van der Waals surface area contributed by atoms with Gasteiger partial charge in [0.05, 0.1) is 12.0 Å². The van der Waals surface area contributed by atoms with Crippen LogP contribution in [0.1, 0.15) is 47.5 Å². The monoisotopic (exact) mass is 303 g/mol. The van der Waals surface area contributed by atoms with Crippen LogP contribution in [-0.2, 0) is 9.53 Å². The maximum Gasteiger partial charge on any atom is 0.408 e. The summed E-state index contributed by atoms with van der Waals surface area (Å²) in [7, 11) is 0. The fourth-order valence-corrected chi connectivity index (χ4v) is 4.02. The standard InChI is InChI=1S/C14H25NO4S/c1-12(2,3)19-11(18)15-14(8-10(16)17)9-20-7-6-13(14,4)5/h6-9H2,1-5H3,(H,15,18)(H,16,17). The molecule has 1 rings (SSSR count). The number of carboxylic acid groups (broad SMARTS) is 1. The zero-order chi connectivity index (χ0) is 15.6. The average Bonchev–Trinajstić information content (AvgIpc) is 2.18. The van der Waals surface area contributed by atoms with Crippen LogP contribution in [0.3, 0.4) is 0 Å². The molecular formula is C14H25NO4S. The van der Waals surface area contributed by atoms with Gasteiger partial charge in [0.2, 0.25) is 0 Å². The Morgan fingerprint density at radius 1 is 1.35 bits per heavy atom. The summed E-state index contributed by atoms with van der Waals surface area (Å²) in [4.78, 5) is 23.3. The lowest BCUT2D eigenvalue weighted by Crippen LogP contribution is -2.63. The molecule has 2 N–H and O–H groups in total. The quantitative estimate of drug-likeness (QED) is 0.838. The smallest absolute Gasteiger partial charge is 0.408 e. The molecule has 1 saturated heterocycles. The molecular weight excluding hydrogens is 278 g/mol. The van der Waals surface area contributed by atoms with Crippen molar-refractivity contribution in [2.75, 3.05) is 11.5 Å². The van der Waals surface area contributed by atoms with Crippen molar-refractivity contribution < 1.29 is 19.4 Å². The number of thioether (sulfide) groups is 1. The number of carbonyl (C=O) groups is 2. The average molecular weight is 303 g/mol. The number of ether oxygens (including phenoxy) is 1. The van der Waals surface area contributed by atoms with E-state index < -0.39 is 23.2 Å². The third-order valence-corrected chi connectivity index (χ3v) is 4.90. The number of alkyl carbamates (subject to hydrolysis) is 1. The van der Waals surface area contributed by atoms with Gasteiger partial charge in [-0.1, -0.05) is 13.8 Å². The third-order valence-electron chi connectivity index (χ3n) is 3.71. The van der Waals surface area contributed by atoms with Gasteiger partial charge in [-0.25, -0.2) is 4.79 Å². The number of hydrogen-bond donors (Lipinski definition) is 2. The van der Waals surface area contributed by atoms with Gasteiger partial charge in [-0.15, -0.1) is 0 Å². The Labute approximate surface area is 124 Å². The maximum absolute atomic E-state index is 12.1. The molecule has 116 valence electrons. The number of amides is 1. The molecule has 1 aliphatic heterocycles. The summed E-state index contributed by atoms with van der Waals surface area (Å²) in [5.41, 5.74) is -1.65. The lowest BCUT2D eigenvalue weighted by Gasteiger charge is -2.49. The van der Waals surface area contributed by atoms with Crippen molar-refractivity contribution in [1.29, 1.82) is 0 Å². The summed E-state index contributed by atoms with van der Waals surface area (Å²) >= 11 is 1.67. The van der Waals surface area contributed by atoms with Crippen molar-refractivity contribution in [1.82, 2.24) is 5.32 Å². The van der Waals surface area contributed by atoms with E-state index in [2.05, 4.69) is 5.32 Å². The Morgan fingerprint density at radius 3 is 2.40 bits per heavy atom. The van der Waals surface area contributed by atoms with E-state index in [-0.39, 0.29) is 11.8 Å². The van der Waals surface area contributed by atoms with Crippen LogP contribution in [0.25, 0.3) is 0 Å². The van der Waals surface area contributed by atoms with Crippen molar-refractivity contribution in [3.63, 3.8) is 0 Å². The molecule has 1 atom stereocenters. The molecule has 1 heterocycles. The van der Waals surface area contributed by atoms with Crippen LogP contribution in [-0.4, -0.2) is 39.8 Å². The van der Waals surface area contributed by atoms with E-state index in [4.69, 9.17) is 4.74 Å². The number of rotatable bonds is 3. The van der Waals surface area contributed by atoms with E-state index in [1.54, 1.807) is 32.5 Å². The topological polar surface area (TPSA) is 75.6 Å². The van der Waals surface area contributed by atoms with Crippen LogP contribution in [0.4, 0.5) is 4.79 Å². The predicted octanol–water partition coefficient (Wildman–Crippen LogP) is 2.89. The summed E-state index contributed by atoms with van der Waals surface area (Å²) in [5.74, 6) is 0.659. The zero-order valence-corrected chi connectivity index (χ0v) is 13.7. The van der Waals surface area contributed by atoms with Crippen LogP contribution in [0, 0.1) is 5.41 Å². The molecule has 0 aliphatic carbocycles. The first-order valence-electron chi connectivity index (χ1n) is 6.78. The molecule has 6 heteroatoms. The first kappa shape index (κ1) is 17.1. The number of carbonyl (C=O) groups excluding carboxylic acids is 1. The van der Waals surface area contributed by atoms with Gasteiger partial charge in [0.15, 0.2) is 0 Å². The van der Waals surface area contributed by atoms with E-state index >= 15 is 0 Å². The van der Waals surface area contributed by atoms with Crippen LogP contribution < -0.4 is 5.32 Å². The Bertz CT molecular complexity index is 389. The van der Waals surface area contributed by atoms with Crippen LogP contribution in [0.2, 0.25) is 0 Å². The normalized spacial score (nSPS) is 25.9. The third kappa shape index (κ3) is 4.30. The molecule has 1 unspecified atom stereocenters. The van der Waals surface area contributed by atoms with Crippen molar-refractivity contribution in [3.05, 3.63) is 0 Å². The van der Waals surface area contributed by atoms with E-state index in [0.29, 0.717) is 5.75 Å². The second-order valence-electron chi connectivity index (χ2n) is 6.97. The summed E-state index contributed by atoms with van der Waals surface area (Å²) in [5, 5.41) is 12.1. The highest BCUT2D eigenvalue weighted by atomic mass is 32.2. The summed E-state index contributed by atoms with van der Waals surface area (Å²) in [6, 6.07) is 0. The largest absolute Gasteiger partial charge is 0.481 e. The fourth-order valence-electron chi connectivity index (χ4n) is 2.31. The minimum atomic E-state index is -0.906. The van der Waals surface area contributed by atoms with Gasteiger partial charge in [-0.3, -0.25) is 4.79 Å². The second-order valence-corrected chi connectivity index (χ2v) is 8.07. The molecule has 1 amide bonds. The highest BCUT2D eigenvalue weighted by Crippen LogP contribution is 2.44. The van der Waals surface area contributed by atoms with Crippen LogP contribution in [0.5, 0.6) is 0 Å². The highest BCUT2D eigenvalue weighted by Gasteiger charge is 2.50. The van der Waals surface area contributed by atoms with Gasteiger partial charge in [-0.2, -0.15) is 11.8 Å². The van der Waals surface area contributed by atoms with Crippen molar-refractivity contribution >= 4 is 23.8 Å². The van der Waals surface area contributed by atoms with Gasteiger partial charge >= 0.3 is 12.1 Å². The molecule has 0 spiro atoms. The van der Waals surface area contributed by atoms with E-state index in [0.717, 1.165) is 12.2 Å². The Kier molecular flexibility index (Phi) is 5.00. The van der Waals surface area contributed by atoms with Gasteiger partial charge in [-0.05, 0) is 38.4 Å². The van der Waals surface area contributed by atoms with Gasteiger partial charge in [0.25, 0.3) is 0 Å². The Morgan fingerprint density at radius 2 is 1.95 bits per heavy atom. The molecule has 5 nitrogen and oxygen atoms in total. The molecule has 0 aromatic carbocycles.